The van der Waals surface area contributed by atoms with Crippen LogP contribution in [0.5, 0.6) is 0 Å². The van der Waals surface area contributed by atoms with E-state index in [0.717, 1.165) is 64.9 Å². The number of alkyl carbamates (subject to hydrolysis) is 1. The second-order valence-corrected chi connectivity index (χ2v) is 15.4. The van der Waals surface area contributed by atoms with Gasteiger partial charge in [-0.25, -0.2) is 19.8 Å². The van der Waals surface area contributed by atoms with Crippen molar-refractivity contribution < 1.29 is 28.9 Å². The van der Waals surface area contributed by atoms with E-state index >= 15 is 0 Å². The van der Waals surface area contributed by atoms with E-state index in [2.05, 4.69) is 42.0 Å². The van der Waals surface area contributed by atoms with Crippen LogP contribution in [-0.4, -0.2) is 93.4 Å². The van der Waals surface area contributed by atoms with Crippen LogP contribution in [0.4, 0.5) is 4.79 Å². The Morgan fingerprint density at radius 2 is 1.58 bits per heavy atom. The van der Waals surface area contributed by atoms with Gasteiger partial charge in [0.1, 0.15) is 23.7 Å². The fraction of sp³-hybridized carbons (Fsp3) is 0.463. The molecular formula is C41H50N8O6. The van der Waals surface area contributed by atoms with E-state index in [0.29, 0.717) is 18.9 Å². The molecule has 4 heterocycles. The van der Waals surface area contributed by atoms with Gasteiger partial charge in [0.05, 0.1) is 49.2 Å². The number of ether oxygens (including phenoxy) is 1. The zero-order chi connectivity index (χ0) is 39.3. The molecule has 0 spiro atoms. The number of nitrogens with zero attached hydrogens (tertiary/aromatic N) is 5. The highest BCUT2D eigenvalue weighted by Crippen LogP contribution is 2.35. The highest BCUT2D eigenvalue weighted by Gasteiger charge is 2.41. The summed E-state index contributed by atoms with van der Waals surface area (Å²) >= 11 is 0. The first-order valence-corrected chi connectivity index (χ1v) is 18.7. The summed E-state index contributed by atoms with van der Waals surface area (Å²) in [5, 5.41) is 2.73. The molecular weight excluding hydrogens is 701 g/mol. The molecule has 0 saturated carbocycles. The average Bonchev–Trinajstić information content (AvgIpc) is 3.99. The highest BCUT2D eigenvalue weighted by atomic mass is 17.2. The van der Waals surface area contributed by atoms with Gasteiger partial charge in [-0.05, 0) is 72.9 Å². The molecule has 2 fully saturated rings. The van der Waals surface area contributed by atoms with Crippen LogP contribution in [-0.2, 0) is 24.1 Å². The number of carbonyl (C=O) groups is 3. The summed E-state index contributed by atoms with van der Waals surface area (Å²) in [4.78, 5) is 73.1. The van der Waals surface area contributed by atoms with Gasteiger partial charge in [-0.2, -0.15) is 4.89 Å². The molecule has 2 aromatic heterocycles. The summed E-state index contributed by atoms with van der Waals surface area (Å²) < 4.78 is 4.80. The molecule has 290 valence electrons. The van der Waals surface area contributed by atoms with Gasteiger partial charge >= 0.3 is 6.09 Å². The topological polar surface area (TPSA) is 167 Å². The number of rotatable bonds is 10. The molecule has 0 unspecified atom stereocenters. The van der Waals surface area contributed by atoms with Crippen LogP contribution in [0.25, 0.3) is 22.3 Å². The average molecular weight is 751 g/mol. The lowest BCUT2D eigenvalue weighted by Gasteiger charge is -2.34. The van der Waals surface area contributed by atoms with Crippen molar-refractivity contribution >= 4 is 35.3 Å². The minimum absolute atomic E-state index is 0.0149. The number of benzene rings is 2. The largest absolute Gasteiger partial charge is 0.453 e. The van der Waals surface area contributed by atoms with E-state index in [9.17, 15) is 14.4 Å². The normalized spacial score (nSPS) is 18.4. The lowest BCUT2D eigenvalue weighted by molar-refractivity contribution is -0.188. The van der Waals surface area contributed by atoms with Crippen molar-refractivity contribution in [2.75, 3.05) is 27.3 Å². The van der Waals surface area contributed by atoms with E-state index in [1.807, 2.05) is 86.9 Å². The summed E-state index contributed by atoms with van der Waals surface area (Å²) in [5.41, 5.74) is 4.61. The minimum Gasteiger partial charge on any atom is -0.453 e. The van der Waals surface area contributed by atoms with E-state index in [4.69, 9.17) is 14.6 Å². The predicted molar refractivity (Wildman–Crippen MR) is 207 cm³/mol. The molecule has 4 atom stereocenters. The van der Waals surface area contributed by atoms with Crippen LogP contribution in [0, 0.1) is 23.2 Å². The first kappa shape index (κ1) is 39.0. The third-order valence-corrected chi connectivity index (χ3v) is 10.2. The molecule has 0 radical (unpaired) electrons. The number of amides is 3. The number of aromatic nitrogens is 4. The molecule has 0 aliphatic carbocycles. The number of imidazole rings is 2. The van der Waals surface area contributed by atoms with Crippen molar-refractivity contribution in [2.45, 2.75) is 84.5 Å². The number of hydrogen-bond acceptors (Lipinski definition) is 9. The van der Waals surface area contributed by atoms with Crippen molar-refractivity contribution in [1.82, 2.24) is 35.1 Å². The van der Waals surface area contributed by atoms with Crippen LogP contribution in [0.2, 0.25) is 0 Å². The Bertz CT molecular complexity index is 2090. The summed E-state index contributed by atoms with van der Waals surface area (Å²) in [6.45, 7) is 10.9. The Morgan fingerprint density at radius 1 is 0.927 bits per heavy atom. The fourth-order valence-electron chi connectivity index (χ4n) is 7.24. The van der Waals surface area contributed by atoms with Crippen molar-refractivity contribution in [2.24, 2.45) is 16.3 Å². The van der Waals surface area contributed by atoms with Gasteiger partial charge in [0.25, 0.3) is 0 Å². The number of hydrogen-bond donors (Lipinski definition) is 3. The Labute approximate surface area is 321 Å². The monoisotopic (exact) mass is 750 g/mol. The van der Waals surface area contributed by atoms with Crippen LogP contribution in [0.15, 0.2) is 53.7 Å². The molecule has 0 bridgehead atoms. The summed E-state index contributed by atoms with van der Waals surface area (Å²) in [6, 6.07) is 12.1. The maximum atomic E-state index is 13.7. The van der Waals surface area contributed by atoms with Gasteiger partial charge < -0.3 is 34.7 Å². The maximum absolute atomic E-state index is 13.7. The van der Waals surface area contributed by atoms with Crippen LogP contribution in [0.1, 0.15) is 95.2 Å². The molecule has 14 nitrogen and oxygen atoms in total. The molecule has 3 N–H and O–H groups in total. The smallest absolute Gasteiger partial charge is 0.407 e. The number of fused-ring (bicyclic) bond motifs is 1. The first-order valence-electron chi connectivity index (χ1n) is 18.7. The first-order chi connectivity index (χ1) is 26.4. The van der Waals surface area contributed by atoms with Crippen LogP contribution < -0.4 is 5.32 Å². The Kier molecular flexibility index (Phi) is 11.9. The maximum Gasteiger partial charge on any atom is 0.407 e. The SMILES string of the molecule is COO/C=N\[C@H](C(=O)N1CCC[C@H]1c1ncc(-c2ccc(C#Cc3ccc4nc([C@@H]5CCCN5C(=O)[C@@H](NC(=O)OC)C(C)(C)C)[nH]c4c3)cc2)[nH]1)C(C)C. The summed E-state index contributed by atoms with van der Waals surface area (Å²) in [7, 11) is 2.68. The van der Waals surface area contributed by atoms with Gasteiger partial charge in [0.15, 0.2) is 0 Å². The third kappa shape index (κ3) is 8.84. The fourth-order valence-corrected chi connectivity index (χ4v) is 7.24. The predicted octanol–water partition coefficient (Wildman–Crippen LogP) is 6.08. The van der Waals surface area contributed by atoms with Gasteiger partial charge in [-0.15, -0.1) is 0 Å². The zero-order valence-corrected chi connectivity index (χ0v) is 32.5. The molecule has 2 aliphatic rings. The number of aromatic amines is 2. The summed E-state index contributed by atoms with van der Waals surface area (Å²) in [6.07, 6.45) is 5.64. The highest BCUT2D eigenvalue weighted by molar-refractivity contribution is 5.87. The van der Waals surface area contributed by atoms with E-state index in [1.165, 1.54) is 20.6 Å². The Hall–Kier alpha value is -5.68. The minimum atomic E-state index is -0.746. The summed E-state index contributed by atoms with van der Waals surface area (Å²) in [5.74, 6) is 7.75. The lowest BCUT2D eigenvalue weighted by atomic mass is 9.85. The lowest BCUT2D eigenvalue weighted by Crippen LogP contribution is -2.54. The number of aliphatic imine (C=N–C) groups is 1. The molecule has 3 amide bonds. The Balaban J connectivity index is 1.12. The van der Waals surface area contributed by atoms with Gasteiger partial charge in [0, 0.05) is 24.2 Å². The zero-order valence-electron chi connectivity index (χ0n) is 32.5. The number of methoxy groups -OCH3 is 1. The van der Waals surface area contributed by atoms with Gasteiger partial charge in [-0.3, -0.25) is 9.59 Å². The van der Waals surface area contributed by atoms with E-state index in [-0.39, 0.29) is 29.8 Å². The molecule has 4 aromatic rings. The number of carbonyl (C=O) groups excluding carboxylic acids is 3. The molecule has 2 saturated heterocycles. The molecule has 6 rings (SSSR count). The van der Waals surface area contributed by atoms with Crippen molar-refractivity contribution in [3.8, 4) is 23.1 Å². The van der Waals surface area contributed by atoms with E-state index < -0.39 is 23.6 Å². The van der Waals surface area contributed by atoms with Gasteiger partial charge in [0.2, 0.25) is 18.2 Å². The van der Waals surface area contributed by atoms with Crippen molar-refractivity contribution in [1.29, 1.82) is 0 Å². The van der Waals surface area contributed by atoms with Gasteiger partial charge in [-0.1, -0.05) is 58.6 Å². The van der Waals surface area contributed by atoms with Crippen molar-refractivity contribution in [3.05, 3.63) is 71.4 Å². The third-order valence-electron chi connectivity index (χ3n) is 10.2. The Morgan fingerprint density at radius 3 is 2.24 bits per heavy atom. The number of H-pyrrole nitrogens is 2. The second-order valence-electron chi connectivity index (χ2n) is 15.4. The van der Waals surface area contributed by atoms with E-state index in [1.54, 1.807) is 6.20 Å². The van der Waals surface area contributed by atoms with Crippen LogP contribution >= 0.6 is 0 Å². The second kappa shape index (κ2) is 16.8. The van der Waals surface area contributed by atoms with Crippen LogP contribution in [0.3, 0.4) is 0 Å². The van der Waals surface area contributed by atoms with Crippen molar-refractivity contribution in [3.63, 3.8) is 0 Å². The molecule has 2 aliphatic heterocycles. The standard InChI is InChI=1S/C41H50N8O6/c1-25(2)34(43-24-55-54-7)38(50)48-20-8-10-32(48)36-42-23-31(46-36)28-17-14-26(15-18-28)12-13-27-16-19-29-30(22-27)45-37(44-29)33-11-9-21-49(33)39(51)35(41(3,4)5)47-40(52)53-6/h14-19,22-25,32-35H,8-11,20-21H2,1-7H3,(H,42,46)(H,44,45)(H,47,52)/b43-24-/t32-,33-,34-,35+/m0/s1. The molecule has 55 heavy (non-hydrogen) atoms. The number of likely N-dealkylation sites (tertiary alicyclic amines) is 2. The number of nitrogens with one attached hydrogen (secondary N) is 3. The molecule has 2 aromatic carbocycles. The molecule has 14 heteroatoms. The quantitative estimate of drug-likeness (QED) is 0.0577.